The molecule has 3 rings (SSSR count). The van der Waals surface area contributed by atoms with Crippen molar-refractivity contribution in [2.24, 2.45) is 0 Å². The molecule has 1 fully saturated rings. The van der Waals surface area contributed by atoms with Gasteiger partial charge in [0.05, 0.1) is 13.7 Å². The van der Waals surface area contributed by atoms with Crippen LogP contribution in [0.15, 0.2) is 48.5 Å². The smallest absolute Gasteiger partial charge is 0.119 e. The van der Waals surface area contributed by atoms with Gasteiger partial charge in [-0.2, -0.15) is 0 Å². The van der Waals surface area contributed by atoms with Gasteiger partial charge in [-0.25, -0.2) is 0 Å². The summed E-state index contributed by atoms with van der Waals surface area (Å²) in [5, 5.41) is 0. The van der Waals surface area contributed by atoms with Crippen LogP contribution in [0.5, 0.6) is 5.75 Å². The minimum atomic E-state index is 0.275. The molecule has 1 aliphatic heterocycles. The summed E-state index contributed by atoms with van der Waals surface area (Å²) in [6.07, 6.45) is 0.275. The first-order chi connectivity index (χ1) is 8.38. The van der Waals surface area contributed by atoms with Crippen molar-refractivity contribution in [1.82, 2.24) is 0 Å². The summed E-state index contributed by atoms with van der Waals surface area (Å²) in [5.41, 5.74) is 3.67. The van der Waals surface area contributed by atoms with E-state index in [4.69, 9.17) is 9.47 Å². The molecule has 1 atom stereocenters. The lowest BCUT2D eigenvalue weighted by molar-refractivity contribution is 0.414. The number of benzene rings is 2. The van der Waals surface area contributed by atoms with Gasteiger partial charge in [0.15, 0.2) is 0 Å². The Hall–Kier alpha value is -1.80. The summed E-state index contributed by atoms with van der Waals surface area (Å²) < 4.78 is 10.6. The van der Waals surface area contributed by atoms with Gasteiger partial charge in [0.25, 0.3) is 0 Å². The van der Waals surface area contributed by atoms with Crippen LogP contribution in [-0.4, -0.2) is 13.7 Å². The van der Waals surface area contributed by atoms with E-state index in [0.29, 0.717) is 0 Å². The molecule has 2 aromatic carbocycles. The van der Waals surface area contributed by atoms with Gasteiger partial charge in [-0.3, -0.25) is 0 Å². The van der Waals surface area contributed by atoms with E-state index in [-0.39, 0.29) is 6.10 Å². The average Bonchev–Trinajstić information content (AvgIpc) is 3.23. The highest BCUT2D eigenvalue weighted by Crippen LogP contribution is 2.37. The maximum Gasteiger partial charge on any atom is 0.119 e. The third kappa shape index (κ3) is 2.04. The molecule has 0 radical (unpaired) electrons. The van der Waals surface area contributed by atoms with E-state index in [1.54, 1.807) is 7.11 Å². The molecule has 2 nitrogen and oxygen atoms in total. The normalized spacial score (nSPS) is 17.8. The molecule has 2 heteroatoms. The molecule has 0 N–H and O–H groups in total. The van der Waals surface area contributed by atoms with Gasteiger partial charge < -0.3 is 9.47 Å². The Balaban J connectivity index is 2.07. The van der Waals surface area contributed by atoms with Crippen LogP contribution in [0.3, 0.4) is 0 Å². The zero-order chi connectivity index (χ0) is 11.7. The van der Waals surface area contributed by atoms with Gasteiger partial charge in [-0.1, -0.05) is 36.4 Å². The van der Waals surface area contributed by atoms with Crippen molar-refractivity contribution in [3.05, 3.63) is 54.1 Å². The van der Waals surface area contributed by atoms with E-state index in [2.05, 4.69) is 36.4 Å². The summed E-state index contributed by atoms with van der Waals surface area (Å²) >= 11 is 0. The van der Waals surface area contributed by atoms with Gasteiger partial charge in [0, 0.05) is 0 Å². The second-order valence-corrected chi connectivity index (χ2v) is 4.14. The van der Waals surface area contributed by atoms with Gasteiger partial charge >= 0.3 is 0 Å². The van der Waals surface area contributed by atoms with Crippen molar-refractivity contribution in [2.45, 2.75) is 6.10 Å². The largest absolute Gasteiger partial charge is 0.497 e. The summed E-state index contributed by atoms with van der Waals surface area (Å²) in [5.74, 6) is 0.883. The predicted octanol–water partition coefficient (Wildman–Crippen LogP) is 3.43. The summed E-state index contributed by atoms with van der Waals surface area (Å²) in [6.45, 7) is 0.834. The van der Waals surface area contributed by atoms with Crippen molar-refractivity contribution in [2.75, 3.05) is 13.7 Å². The van der Waals surface area contributed by atoms with Gasteiger partial charge in [-0.15, -0.1) is 0 Å². The maximum absolute atomic E-state index is 5.38. The molecule has 0 aromatic heterocycles. The molecule has 1 aliphatic rings. The fourth-order valence-electron chi connectivity index (χ4n) is 2.06. The van der Waals surface area contributed by atoms with E-state index in [9.17, 15) is 0 Å². The first kappa shape index (κ1) is 10.4. The molecule has 86 valence electrons. The molecular formula is C15H14O2. The van der Waals surface area contributed by atoms with Crippen LogP contribution < -0.4 is 4.74 Å². The van der Waals surface area contributed by atoms with E-state index in [0.717, 1.165) is 12.4 Å². The summed E-state index contributed by atoms with van der Waals surface area (Å²) in [7, 11) is 1.69. The standard InChI is InChI=1S/C15H14O2/c1-16-12-6-4-5-11(9-12)13-7-2-3-8-14(13)15-10-17-15/h2-9,15H,10H2,1H3. The summed E-state index contributed by atoms with van der Waals surface area (Å²) in [4.78, 5) is 0. The van der Waals surface area contributed by atoms with Crippen molar-refractivity contribution >= 4 is 0 Å². The minimum Gasteiger partial charge on any atom is -0.497 e. The van der Waals surface area contributed by atoms with Crippen LogP contribution >= 0.6 is 0 Å². The fourth-order valence-corrected chi connectivity index (χ4v) is 2.06. The molecule has 1 unspecified atom stereocenters. The number of hydrogen-bond acceptors (Lipinski definition) is 2. The summed E-state index contributed by atoms with van der Waals surface area (Å²) in [6, 6.07) is 16.5. The second kappa shape index (κ2) is 4.22. The average molecular weight is 226 g/mol. The molecule has 2 aromatic rings. The van der Waals surface area contributed by atoms with Crippen LogP contribution in [0.25, 0.3) is 11.1 Å². The Morgan fingerprint density at radius 2 is 1.94 bits per heavy atom. The van der Waals surface area contributed by atoms with Crippen molar-refractivity contribution < 1.29 is 9.47 Å². The van der Waals surface area contributed by atoms with E-state index in [1.165, 1.54) is 16.7 Å². The lowest BCUT2D eigenvalue weighted by atomic mass is 9.98. The van der Waals surface area contributed by atoms with Gasteiger partial charge in [-0.05, 0) is 28.8 Å². The molecule has 17 heavy (non-hydrogen) atoms. The van der Waals surface area contributed by atoms with Gasteiger partial charge in [0.1, 0.15) is 11.9 Å². The topological polar surface area (TPSA) is 21.8 Å². The van der Waals surface area contributed by atoms with E-state index >= 15 is 0 Å². The predicted molar refractivity (Wildman–Crippen MR) is 67.1 cm³/mol. The first-order valence-electron chi connectivity index (χ1n) is 5.73. The Morgan fingerprint density at radius 3 is 2.71 bits per heavy atom. The SMILES string of the molecule is COc1cccc(-c2ccccc2C2CO2)c1. The zero-order valence-electron chi connectivity index (χ0n) is 9.72. The van der Waals surface area contributed by atoms with Crippen LogP contribution in [0.1, 0.15) is 11.7 Å². The lowest BCUT2D eigenvalue weighted by Gasteiger charge is -2.08. The number of methoxy groups -OCH3 is 1. The van der Waals surface area contributed by atoms with Gasteiger partial charge in [0.2, 0.25) is 0 Å². The molecule has 0 bridgehead atoms. The molecule has 1 saturated heterocycles. The van der Waals surface area contributed by atoms with Crippen molar-refractivity contribution in [3.63, 3.8) is 0 Å². The Labute approximate surface area is 101 Å². The van der Waals surface area contributed by atoms with Crippen molar-refractivity contribution in [1.29, 1.82) is 0 Å². The van der Waals surface area contributed by atoms with E-state index in [1.807, 2.05) is 12.1 Å². The second-order valence-electron chi connectivity index (χ2n) is 4.14. The lowest BCUT2D eigenvalue weighted by Crippen LogP contribution is -1.89. The van der Waals surface area contributed by atoms with Crippen LogP contribution in [0, 0.1) is 0 Å². The third-order valence-electron chi connectivity index (χ3n) is 3.02. The minimum absolute atomic E-state index is 0.275. The molecule has 0 aliphatic carbocycles. The van der Waals surface area contributed by atoms with E-state index < -0.39 is 0 Å². The highest BCUT2D eigenvalue weighted by molar-refractivity contribution is 5.69. The Kier molecular flexibility index (Phi) is 2.57. The van der Waals surface area contributed by atoms with Crippen LogP contribution in [0.4, 0.5) is 0 Å². The third-order valence-corrected chi connectivity index (χ3v) is 3.02. The quantitative estimate of drug-likeness (QED) is 0.748. The Bertz CT molecular complexity index is 530. The molecule has 1 heterocycles. The molecule has 0 spiro atoms. The highest BCUT2D eigenvalue weighted by atomic mass is 16.6. The Morgan fingerprint density at radius 1 is 1.12 bits per heavy atom. The molecular weight excluding hydrogens is 212 g/mol. The monoisotopic (exact) mass is 226 g/mol. The number of ether oxygens (including phenoxy) is 2. The highest BCUT2D eigenvalue weighted by Gasteiger charge is 2.27. The van der Waals surface area contributed by atoms with Crippen LogP contribution in [-0.2, 0) is 4.74 Å². The number of hydrogen-bond donors (Lipinski definition) is 0. The molecule has 0 amide bonds. The maximum atomic E-state index is 5.38. The fraction of sp³-hybridized carbons (Fsp3) is 0.200. The first-order valence-corrected chi connectivity index (χ1v) is 5.73. The van der Waals surface area contributed by atoms with Crippen molar-refractivity contribution in [3.8, 4) is 16.9 Å². The van der Waals surface area contributed by atoms with Crippen LogP contribution in [0.2, 0.25) is 0 Å². The molecule has 0 saturated carbocycles. The number of rotatable bonds is 3. The number of epoxide rings is 1. The zero-order valence-corrected chi connectivity index (χ0v) is 9.72.